The molecular formula is C20H21Cl2N3O4. The maximum Gasteiger partial charge on any atom is 0.270 e. The molecule has 0 aliphatic carbocycles. The molecule has 0 radical (unpaired) electrons. The summed E-state index contributed by atoms with van der Waals surface area (Å²) in [6, 6.07) is 10.1. The van der Waals surface area contributed by atoms with Crippen molar-refractivity contribution in [3.8, 4) is 0 Å². The van der Waals surface area contributed by atoms with Crippen LogP contribution in [0.1, 0.15) is 29.8 Å². The Morgan fingerprint density at radius 1 is 1.10 bits per heavy atom. The van der Waals surface area contributed by atoms with Crippen LogP contribution in [0.3, 0.4) is 0 Å². The van der Waals surface area contributed by atoms with Crippen LogP contribution in [-0.2, 0) is 11.2 Å². The zero-order valence-electron chi connectivity index (χ0n) is 15.9. The number of amides is 2. The Labute approximate surface area is 178 Å². The zero-order chi connectivity index (χ0) is 21.6. The van der Waals surface area contributed by atoms with E-state index in [2.05, 4.69) is 10.6 Å². The first-order valence-corrected chi connectivity index (χ1v) is 9.71. The fourth-order valence-corrected chi connectivity index (χ4v) is 3.03. The molecule has 154 valence electrons. The van der Waals surface area contributed by atoms with Gasteiger partial charge in [0.05, 0.1) is 15.5 Å². The highest BCUT2D eigenvalue weighted by Gasteiger charge is 2.25. The molecule has 7 nitrogen and oxygen atoms in total. The van der Waals surface area contributed by atoms with Gasteiger partial charge in [-0.15, -0.1) is 0 Å². The number of nitro benzene ring substituents is 1. The summed E-state index contributed by atoms with van der Waals surface area (Å²) in [4.78, 5) is 35.3. The van der Waals surface area contributed by atoms with E-state index < -0.39 is 16.9 Å². The highest BCUT2D eigenvalue weighted by Crippen LogP contribution is 2.22. The number of benzene rings is 2. The molecule has 1 unspecified atom stereocenters. The predicted molar refractivity (Wildman–Crippen MR) is 112 cm³/mol. The summed E-state index contributed by atoms with van der Waals surface area (Å²) < 4.78 is 0. The third-order valence-corrected chi connectivity index (χ3v) is 4.83. The van der Waals surface area contributed by atoms with Crippen LogP contribution in [0, 0.1) is 16.0 Å². The number of halogens is 2. The lowest BCUT2D eigenvalue weighted by Gasteiger charge is -2.22. The van der Waals surface area contributed by atoms with E-state index in [0.29, 0.717) is 18.0 Å². The highest BCUT2D eigenvalue weighted by molar-refractivity contribution is 6.34. The standard InChI is InChI=1S/C20H21Cl2N3O4/c1-12(2)18(20(27)23-10-9-13-3-5-14(21)6-4-13)24-19(26)16-8-7-15(25(28)29)11-17(16)22/h3-8,11-12,18H,9-10H2,1-2H3,(H,23,27)(H,24,26). The Bertz CT molecular complexity index is 901. The SMILES string of the molecule is CC(C)C(NC(=O)c1ccc([N+](=O)[O-])cc1Cl)C(=O)NCCc1ccc(Cl)cc1. The molecule has 0 aliphatic rings. The van der Waals surface area contributed by atoms with E-state index in [0.717, 1.165) is 11.6 Å². The average Bonchev–Trinajstić information content (AvgIpc) is 2.66. The summed E-state index contributed by atoms with van der Waals surface area (Å²) in [6.45, 7) is 4.01. The van der Waals surface area contributed by atoms with Crippen molar-refractivity contribution in [3.05, 3.63) is 73.8 Å². The Morgan fingerprint density at radius 3 is 2.31 bits per heavy atom. The van der Waals surface area contributed by atoms with Gasteiger partial charge in [-0.3, -0.25) is 19.7 Å². The topological polar surface area (TPSA) is 101 Å². The van der Waals surface area contributed by atoms with Gasteiger partial charge < -0.3 is 10.6 Å². The molecule has 29 heavy (non-hydrogen) atoms. The van der Waals surface area contributed by atoms with Crippen molar-refractivity contribution in [2.45, 2.75) is 26.3 Å². The number of carbonyl (C=O) groups is 2. The molecular weight excluding hydrogens is 417 g/mol. The first kappa shape index (κ1) is 22.6. The van der Waals surface area contributed by atoms with Gasteiger partial charge in [0, 0.05) is 23.7 Å². The van der Waals surface area contributed by atoms with Crippen LogP contribution in [0.5, 0.6) is 0 Å². The van der Waals surface area contributed by atoms with Crippen molar-refractivity contribution in [1.82, 2.24) is 10.6 Å². The number of nitro groups is 1. The van der Waals surface area contributed by atoms with Gasteiger partial charge in [-0.1, -0.05) is 49.2 Å². The lowest BCUT2D eigenvalue weighted by Crippen LogP contribution is -2.50. The van der Waals surface area contributed by atoms with Gasteiger partial charge in [-0.05, 0) is 36.1 Å². The molecule has 0 bridgehead atoms. The molecule has 2 N–H and O–H groups in total. The van der Waals surface area contributed by atoms with Gasteiger partial charge in [0.15, 0.2) is 0 Å². The van der Waals surface area contributed by atoms with Crippen LogP contribution < -0.4 is 10.6 Å². The molecule has 0 spiro atoms. The van der Waals surface area contributed by atoms with Crippen molar-refractivity contribution < 1.29 is 14.5 Å². The highest BCUT2D eigenvalue weighted by atomic mass is 35.5. The minimum absolute atomic E-state index is 0.0534. The lowest BCUT2D eigenvalue weighted by atomic mass is 10.0. The lowest BCUT2D eigenvalue weighted by molar-refractivity contribution is -0.384. The first-order chi connectivity index (χ1) is 13.7. The number of nitrogens with one attached hydrogen (secondary N) is 2. The third kappa shape index (κ3) is 6.44. The largest absolute Gasteiger partial charge is 0.354 e. The number of hydrogen-bond donors (Lipinski definition) is 2. The number of carbonyl (C=O) groups excluding carboxylic acids is 2. The third-order valence-electron chi connectivity index (χ3n) is 4.27. The van der Waals surface area contributed by atoms with Gasteiger partial charge >= 0.3 is 0 Å². The molecule has 2 aromatic rings. The molecule has 9 heteroatoms. The van der Waals surface area contributed by atoms with Gasteiger partial charge in [-0.2, -0.15) is 0 Å². The second-order valence-corrected chi connectivity index (χ2v) is 7.63. The van der Waals surface area contributed by atoms with Gasteiger partial charge in [0.1, 0.15) is 6.04 Å². The Balaban J connectivity index is 1.99. The van der Waals surface area contributed by atoms with Crippen LogP contribution in [0.2, 0.25) is 10.0 Å². The second kappa shape index (κ2) is 10.2. The van der Waals surface area contributed by atoms with E-state index in [4.69, 9.17) is 23.2 Å². The van der Waals surface area contributed by atoms with Crippen LogP contribution >= 0.6 is 23.2 Å². The van der Waals surface area contributed by atoms with Crippen molar-refractivity contribution in [1.29, 1.82) is 0 Å². The summed E-state index contributed by atoms with van der Waals surface area (Å²) in [5, 5.41) is 16.9. The van der Waals surface area contributed by atoms with Crippen LogP contribution in [-0.4, -0.2) is 29.3 Å². The Kier molecular flexibility index (Phi) is 7.99. The average molecular weight is 438 g/mol. The number of non-ortho nitro benzene ring substituents is 1. The molecule has 2 amide bonds. The summed E-state index contributed by atoms with van der Waals surface area (Å²) in [5.74, 6) is -1.07. The zero-order valence-corrected chi connectivity index (χ0v) is 17.5. The summed E-state index contributed by atoms with van der Waals surface area (Å²) in [5.41, 5.74) is 0.876. The molecule has 2 rings (SSSR count). The fraction of sp³-hybridized carbons (Fsp3) is 0.300. The second-order valence-electron chi connectivity index (χ2n) is 6.78. The fourth-order valence-electron chi connectivity index (χ4n) is 2.65. The molecule has 0 aliphatic heterocycles. The van der Waals surface area contributed by atoms with Crippen molar-refractivity contribution in [3.63, 3.8) is 0 Å². The molecule has 0 aromatic heterocycles. The van der Waals surface area contributed by atoms with Crippen LogP contribution in [0.15, 0.2) is 42.5 Å². The summed E-state index contributed by atoms with van der Waals surface area (Å²) in [6.07, 6.45) is 0.621. The molecule has 0 heterocycles. The van der Waals surface area contributed by atoms with Crippen LogP contribution in [0.25, 0.3) is 0 Å². The van der Waals surface area contributed by atoms with Gasteiger partial charge in [0.2, 0.25) is 5.91 Å². The van der Waals surface area contributed by atoms with E-state index in [-0.39, 0.29) is 28.1 Å². The minimum atomic E-state index is -0.779. The maximum atomic E-state index is 12.6. The van der Waals surface area contributed by atoms with Crippen molar-refractivity contribution in [2.24, 2.45) is 5.92 Å². The molecule has 2 aromatic carbocycles. The number of hydrogen-bond acceptors (Lipinski definition) is 4. The molecule has 0 fully saturated rings. The van der Waals surface area contributed by atoms with Crippen LogP contribution in [0.4, 0.5) is 5.69 Å². The molecule has 0 saturated heterocycles. The minimum Gasteiger partial charge on any atom is -0.354 e. The van der Waals surface area contributed by atoms with Gasteiger partial charge in [0.25, 0.3) is 11.6 Å². The predicted octanol–water partition coefficient (Wildman–Crippen LogP) is 4.01. The molecule has 0 saturated carbocycles. The molecule has 1 atom stereocenters. The Morgan fingerprint density at radius 2 is 1.76 bits per heavy atom. The van der Waals surface area contributed by atoms with Crippen molar-refractivity contribution in [2.75, 3.05) is 6.54 Å². The normalized spacial score (nSPS) is 11.8. The monoisotopic (exact) mass is 437 g/mol. The first-order valence-electron chi connectivity index (χ1n) is 8.96. The van der Waals surface area contributed by atoms with E-state index >= 15 is 0 Å². The number of rotatable bonds is 8. The van der Waals surface area contributed by atoms with E-state index in [1.165, 1.54) is 12.1 Å². The number of nitrogens with zero attached hydrogens (tertiary/aromatic N) is 1. The summed E-state index contributed by atoms with van der Waals surface area (Å²) in [7, 11) is 0. The van der Waals surface area contributed by atoms with Gasteiger partial charge in [-0.25, -0.2) is 0 Å². The van der Waals surface area contributed by atoms with E-state index in [1.54, 1.807) is 26.0 Å². The smallest absolute Gasteiger partial charge is 0.270 e. The van der Waals surface area contributed by atoms with E-state index in [9.17, 15) is 19.7 Å². The van der Waals surface area contributed by atoms with Crippen molar-refractivity contribution >= 4 is 40.7 Å². The quantitative estimate of drug-likeness (QED) is 0.480. The maximum absolute atomic E-state index is 12.6. The Hall–Kier alpha value is -2.64. The summed E-state index contributed by atoms with van der Waals surface area (Å²) >= 11 is 11.9. The van der Waals surface area contributed by atoms with E-state index in [1.807, 2.05) is 12.1 Å².